The van der Waals surface area contributed by atoms with Gasteiger partial charge in [-0.25, -0.2) is 4.79 Å². The van der Waals surface area contributed by atoms with E-state index < -0.39 is 5.97 Å². The molecule has 1 aromatic rings. The molecule has 0 atom stereocenters. The lowest BCUT2D eigenvalue weighted by atomic mass is 10.2. The molecule has 0 unspecified atom stereocenters. The zero-order valence-electron chi connectivity index (χ0n) is 10.8. The van der Waals surface area contributed by atoms with Gasteiger partial charge >= 0.3 is 5.97 Å². The van der Waals surface area contributed by atoms with E-state index >= 15 is 0 Å². The monoisotopic (exact) mass is 283 g/mol. The Morgan fingerprint density at radius 1 is 1.37 bits per heavy atom. The molecule has 0 radical (unpaired) electrons. The van der Waals surface area contributed by atoms with Crippen LogP contribution in [-0.4, -0.2) is 33.1 Å². The second-order valence-electron chi connectivity index (χ2n) is 4.25. The summed E-state index contributed by atoms with van der Waals surface area (Å²) in [6, 6.07) is 3.95. The third-order valence-corrected chi connectivity index (χ3v) is 3.40. The summed E-state index contributed by atoms with van der Waals surface area (Å²) >= 11 is 1.69. The van der Waals surface area contributed by atoms with E-state index in [9.17, 15) is 14.7 Å². The van der Waals surface area contributed by atoms with Gasteiger partial charge in [-0.1, -0.05) is 13.8 Å². The normalized spacial score (nSPS) is 10.5. The van der Waals surface area contributed by atoms with Crippen LogP contribution in [0.3, 0.4) is 0 Å². The topological polar surface area (TPSA) is 86.6 Å². The maximum atomic E-state index is 11.6. The van der Waals surface area contributed by atoms with Crippen LogP contribution in [0.25, 0.3) is 0 Å². The standard InChI is InChI=1S/C13H17NO4S/c1-8(2)19-6-5-12(16)14-9-3-4-10(13(17)18)11(15)7-9/h3-4,7-8,15H,5-6H2,1-2H3,(H,14,16)(H,17,18). The molecule has 0 heterocycles. The number of benzene rings is 1. The molecular weight excluding hydrogens is 266 g/mol. The first kappa shape index (κ1) is 15.4. The van der Waals surface area contributed by atoms with Gasteiger partial charge in [0, 0.05) is 23.9 Å². The van der Waals surface area contributed by atoms with Crippen molar-refractivity contribution in [2.45, 2.75) is 25.5 Å². The first-order valence-electron chi connectivity index (χ1n) is 5.88. The number of hydrogen-bond acceptors (Lipinski definition) is 4. The molecule has 5 nitrogen and oxygen atoms in total. The Morgan fingerprint density at radius 3 is 2.58 bits per heavy atom. The number of carboxylic acid groups (broad SMARTS) is 1. The van der Waals surface area contributed by atoms with Crippen molar-refractivity contribution in [2.24, 2.45) is 0 Å². The fourth-order valence-corrected chi connectivity index (χ4v) is 2.18. The van der Waals surface area contributed by atoms with Crippen molar-refractivity contribution in [1.29, 1.82) is 0 Å². The largest absolute Gasteiger partial charge is 0.507 e. The summed E-state index contributed by atoms with van der Waals surface area (Å²) in [6.45, 7) is 4.12. The predicted octanol–water partition coefficient (Wildman–Crippen LogP) is 2.56. The van der Waals surface area contributed by atoms with Crippen molar-refractivity contribution >= 4 is 29.3 Å². The average Bonchev–Trinajstić information content (AvgIpc) is 2.27. The molecule has 0 bridgehead atoms. The van der Waals surface area contributed by atoms with Crippen molar-refractivity contribution in [2.75, 3.05) is 11.1 Å². The van der Waals surface area contributed by atoms with Gasteiger partial charge in [0.2, 0.25) is 5.91 Å². The smallest absolute Gasteiger partial charge is 0.339 e. The number of nitrogens with one attached hydrogen (secondary N) is 1. The third kappa shape index (κ3) is 5.21. The number of aromatic carboxylic acids is 1. The Balaban J connectivity index is 2.55. The predicted molar refractivity (Wildman–Crippen MR) is 75.9 cm³/mol. The van der Waals surface area contributed by atoms with Gasteiger partial charge in [-0.05, 0) is 17.4 Å². The zero-order valence-corrected chi connectivity index (χ0v) is 11.7. The van der Waals surface area contributed by atoms with Crippen molar-refractivity contribution in [3.63, 3.8) is 0 Å². The van der Waals surface area contributed by atoms with E-state index in [0.717, 1.165) is 5.75 Å². The summed E-state index contributed by atoms with van der Waals surface area (Å²) in [6.07, 6.45) is 0.379. The van der Waals surface area contributed by atoms with E-state index in [1.54, 1.807) is 11.8 Å². The number of amides is 1. The van der Waals surface area contributed by atoms with Crippen LogP contribution < -0.4 is 5.32 Å². The minimum atomic E-state index is -1.20. The molecule has 104 valence electrons. The lowest BCUT2D eigenvalue weighted by Crippen LogP contribution is -2.13. The Labute approximate surface area is 116 Å². The zero-order chi connectivity index (χ0) is 14.4. The molecule has 19 heavy (non-hydrogen) atoms. The number of phenols is 1. The first-order chi connectivity index (χ1) is 8.90. The highest BCUT2D eigenvalue weighted by molar-refractivity contribution is 7.99. The average molecular weight is 283 g/mol. The number of carbonyl (C=O) groups is 2. The van der Waals surface area contributed by atoms with Crippen LogP contribution in [0.1, 0.15) is 30.6 Å². The summed E-state index contributed by atoms with van der Waals surface area (Å²) in [5, 5.41) is 21.3. The fraction of sp³-hybridized carbons (Fsp3) is 0.385. The summed E-state index contributed by atoms with van der Waals surface area (Å²) in [5.74, 6) is -0.996. The maximum Gasteiger partial charge on any atom is 0.339 e. The van der Waals surface area contributed by atoms with E-state index in [-0.39, 0.29) is 17.2 Å². The molecule has 0 saturated carbocycles. The van der Waals surface area contributed by atoms with E-state index in [0.29, 0.717) is 17.4 Å². The molecular formula is C13H17NO4S. The van der Waals surface area contributed by atoms with Gasteiger partial charge in [0.1, 0.15) is 11.3 Å². The number of thioether (sulfide) groups is 1. The van der Waals surface area contributed by atoms with Gasteiger partial charge in [0.15, 0.2) is 0 Å². The number of carbonyl (C=O) groups excluding carboxylic acids is 1. The second kappa shape index (κ2) is 7.04. The molecule has 0 spiro atoms. The van der Waals surface area contributed by atoms with Crippen LogP contribution in [0.2, 0.25) is 0 Å². The van der Waals surface area contributed by atoms with Crippen LogP contribution in [0.5, 0.6) is 5.75 Å². The molecule has 0 aromatic heterocycles. The number of aromatic hydroxyl groups is 1. The van der Waals surface area contributed by atoms with Gasteiger partial charge < -0.3 is 15.5 Å². The van der Waals surface area contributed by atoms with Crippen LogP contribution in [0.4, 0.5) is 5.69 Å². The highest BCUT2D eigenvalue weighted by Gasteiger charge is 2.11. The molecule has 0 saturated heterocycles. The molecule has 1 amide bonds. The quantitative estimate of drug-likeness (QED) is 0.747. The fourth-order valence-electron chi connectivity index (χ4n) is 1.40. The van der Waals surface area contributed by atoms with Gasteiger partial charge in [0.05, 0.1) is 0 Å². The number of rotatable bonds is 6. The van der Waals surface area contributed by atoms with E-state index in [2.05, 4.69) is 19.2 Å². The molecule has 0 fully saturated rings. The molecule has 0 aliphatic heterocycles. The van der Waals surface area contributed by atoms with Crippen LogP contribution >= 0.6 is 11.8 Å². The van der Waals surface area contributed by atoms with Crippen molar-refractivity contribution < 1.29 is 19.8 Å². The van der Waals surface area contributed by atoms with Gasteiger partial charge in [-0.2, -0.15) is 11.8 Å². The summed E-state index contributed by atoms with van der Waals surface area (Å²) < 4.78 is 0. The highest BCUT2D eigenvalue weighted by Crippen LogP contribution is 2.22. The molecule has 6 heteroatoms. The van der Waals surface area contributed by atoms with Crippen molar-refractivity contribution in [3.05, 3.63) is 23.8 Å². The minimum Gasteiger partial charge on any atom is -0.507 e. The summed E-state index contributed by atoms with van der Waals surface area (Å²) in [4.78, 5) is 22.3. The lowest BCUT2D eigenvalue weighted by Gasteiger charge is -2.08. The Kier molecular flexibility index (Phi) is 5.69. The Hall–Kier alpha value is -1.69. The summed E-state index contributed by atoms with van der Waals surface area (Å²) in [7, 11) is 0. The minimum absolute atomic E-state index is 0.157. The van der Waals surface area contributed by atoms with Crippen molar-refractivity contribution in [3.8, 4) is 5.75 Å². The number of hydrogen-bond donors (Lipinski definition) is 3. The number of carboxylic acids is 1. The van der Waals surface area contributed by atoms with Crippen molar-refractivity contribution in [1.82, 2.24) is 0 Å². The Bertz CT molecular complexity index is 474. The van der Waals surface area contributed by atoms with Gasteiger partial charge in [-0.15, -0.1) is 0 Å². The molecule has 0 aliphatic carbocycles. The second-order valence-corrected chi connectivity index (χ2v) is 5.94. The van der Waals surface area contributed by atoms with Crippen LogP contribution in [-0.2, 0) is 4.79 Å². The molecule has 3 N–H and O–H groups in total. The van der Waals surface area contributed by atoms with E-state index in [1.807, 2.05) is 0 Å². The highest BCUT2D eigenvalue weighted by atomic mass is 32.2. The first-order valence-corrected chi connectivity index (χ1v) is 6.92. The lowest BCUT2D eigenvalue weighted by molar-refractivity contribution is -0.115. The van der Waals surface area contributed by atoms with E-state index in [1.165, 1.54) is 18.2 Å². The molecule has 1 aromatic carbocycles. The molecule has 1 rings (SSSR count). The van der Waals surface area contributed by atoms with Gasteiger partial charge in [0.25, 0.3) is 0 Å². The summed E-state index contributed by atoms with van der Waals surface area (Å²) in [5.41, 5.74) is 0.204. The van der Waals surface area contributed by atoms with Crippen LogP contribution in [0.15, 0.2) is 18.2 Å². The third-order valence-electron chi connectivity index (χ3n) is 2.29. The SMILES string of the molecule is CC(C)SCCC(=O)Nc1ccc(C(=O)O)c(O)c1. The molecule has 0 aliphatic rings. The maximum absolute atomic E-state index is 11.6. The number of anilines is 1. The van der Waals surface area contributed by atoms with Gasteiger partial charge in [-0.3, -0.25) is 4.79 Å². The Morgan fingerprint density at radius 2 is 2.05 bits per heavy atom. The van der Waals surface area contributed by atoms with Crippen LogP contribution in [0, 0.1) is 0 Å². The van der Waals surface area contributed by atoms with E-state index in [4.69, 9.17) is 5.11 Å².